The minimum absolute atomic E-state index is 0.0759. The summed E-state index contributed by atoms with van der Waals surface area (Å²) in [6.07, 6.45) is 3.05. The van der Waals surface area contributed by atoms with Crippen LogP contribution in [0.4, 0.5) is 10.1 Å². The van der Waals surface area contributed by atoms with Crippen molar-refractivity contribution in [3.05, 3.63) is 70.4 Å². The molecule has 0 fully saturated rings. The van der Waals surface area contributed by atoms with Gasteiger partial charge in [0.15, 0.2) is 5.65 Å². The minimum atomic E-state index is -0.534. The third kappa shape index (κ3) is 3.11. The van der Waals surface area contributed by atoms with E-state index in [1.165, 1.54) is 41.1 Å². The molecule has 0 aliphatic carbocycles. The van der Waals surface area contributed by atoms with E-state index in [9.17, 15) is 14.0 Å². The summed E-state index contributed by atoms with van der Waals surface area (Å²) in [7, 11) is 0. The van der Waals surface area contributed by atoms with Crippen molar-refractivity contribution in [2.45, 2.75) is 6.92 Å². The van der Waals surface area contributed by atoms with Crippen molar-refractivity contribution < 1.29 is 14.0 Å². The van der Waals surface area contributed by atoms with Crippen LogP contribution in [0, 0.1) is 5.82 Å². The lowest BCUT2D eigenvalue weighted by Crippen LogP contribution is -2.08. The standard InChI is InChI=1S/C19H13FN4O2S/c1-11(25)23-15-9-12(4-5-14(15)20)16-6-7-21-19-13(10-22-24(16)19)18(26)17-3-2-8-27-17/h2-10H,1H3,(H,23,25)/i4+1,5+1,9+1,12+1,14+1,15+1. The summed E-state index contributed by atoms with van der Waals surface area (Å²) in [5.74, 6) is -1.05. The summed E-state index contributed by atoms with van der Waals surface area (Å²) >= 11 is 1.35. The van der Waals surface area contributed by atoms with Gasteiger partial charge >= 0.3 is 0 Å². The second-order valence-electron chi connectivity index (χ2n) is 5.81. The van der Waals surface area contributed by atoms with Crippen molar-refractivity contribution in [2.75, 3.05) is 5.32 Å². The highest BCUT2D eigenvalue weighted by Gasteiger charge is 2.19. The van der Waals surface area contributed by atoms with Crippen LogP contribution in [-0.2, 0) is 4.79 Å². The van der Waals surface area contributed by atoms with Gasteiger partial charge in [0, 0.05) is 18.7 Å². The quantitative estimate of drug-likeness (QED) is 0.542. The molecule has 4 rings (SSSR count). The number of hydrogen-bond donors (Lipinski definition) is 1. The van der Waals surface area contributed by atoms with Gasteiger partial charge < -0.3 is 5.32 Å². The summed E-state index contributed by atoms with van der Waals surface area (Å²) < 4.78 is 15.5. The van der Waals surface area contributed by atoms with Crippen LogP contribution in [0.1, 0.15) is 22.2 Å². The van der Waals surface area contributed by atoms with Gasteiger partial charge in [-0.15, -0.1) is 11.3 Å². The van der Waals surface area contributed by atoms with Crippen LogP contribution in [0.3, 0.4) is 0 Å². The number of fused-ring (bicyclic) bond motifs is 1. The van der Waals surface area contributed by atoms with E-state index in [0.717, 1.165) is 0 Å². The molecule has 0 radical (unpaired) electrons. The molecule has 0 aliphatic rings. The summed E-state index contributed by atoms with van der Waals surface area (Å²) in [5, 5.41) is 8.59. The summed E-state index contributed by atoms with van der Waals surface area (Å²) in [5.41, 5.74) is 2.13. The molecule has 0 unspecified atom stereocenters. The lowest BCUT2D eigenvalue weighted by molar-refractivity contribution is -0.114. The summed E-state index contributed by atoms with van der Waals surface area (Å²) in [6, 6.07) is 9.65. The van der Waals surface area contributed by atoms with Gasteiger partial charge in [0.25, 0.3) is 0 Å². The van der Waals surface area contributed by atoms with E-state index in [2.05, 4.69) is 15.4 Å². The zero-order valence-electron chi connectivity index (χ0n) is 14.1. The molecule has 0 bridgehead atoms. The second kappa shape index (κ2) is 6.73. The van der Waals surface area contributed by atoms with E-state index in [-0.39, 0.29) is 17.4 Å². The van der Waals surface area contributed by atoms with E-state index in [0.29, 0.717) is 27.3 Å². The van der Waals surface area contributed by atoms with Crippen molar-refractivity contribution >= 4 is 34.4 Å². The van der Waals surface area contributed by atoms with Crippen LogP contribution < -0.4 is 5.32 Å². The molecule has 0 saturated carbocycles. The molecule has 0 atom stereocenters. The van der Waals surface area contributed by atoms with Gasteiger partial charge in [-0.1, -0.05) is 6.07 Å². The molecule has 3 heterocycles. The fourth-order valence-electron chi connectivity index (χ4n) is 2.78. The first-order chi connectivity index (χ1) is 13.0. The molecule has 4 aromatic rings. The number of anilines is 1. The van der Waals surface area contributed by atoms with Crippen molar-refractivity contribution in [3.63, 3.8) is 0 Å². The summed E-state index contributed by atoms with van der Waals surface area (Å²) in [4.78, 5) is 28.8. The van der Waals surface area contributed by atoms with Crippen LogP contribution >= 0.6 is 11.3 Å². The highest BCUT2D eigenvalue weighted by molar-refractivity contribution is 7.12. The van der Waals surface area contributed by atoms with Crippen LogP contribution in [0.25, 0.3) is 16.9 Å². The molecule has 0 spiro atoms. The Kier molecular flexibility index (Phi) is 4.25. The molecule has 134 valence electrons. The Labute approximate surface area is 157 Å². The number of rotatable bonds is 4. The number of hydrogen-bond acceptors (Lipinski definition) is 5. The average molecular weight is 386 g/mol. The molecule has 1 amide bonds. The number of carbonyl (C=O) groups is 2. The number of amides is 1. The van der Waals surface area contributed by atoms with Crippen LogP contribution in [0.2, 0.25) is 0 Å². The van der Waals surface area contributed by atoms with Crippen molar-refractivity contribution in [1.82, 2.24) is 14.6 Å². The first-order valence-electron chi connectivity index (χ1n) is 8.03. The molecule has 1 aromatic carbocycles. The Morgan fingerprint density at radius 1 is 1.22 bits per heavy atom. The van der Waals surface area contributed by atoms with E-state index in [1.54, 1.807) is 24.4 Å². The zero-order chi connectivity index (χ0) is 19.0. The number of carbonyl (C=O) groups excluding carboxylic acids is 2. The van der Waals surface area contributed by atoms with Gasteiger partial charge in [-0.2, -0.15) is 5.10 Å². The van der Waals surface area contributed by atoms with Gasteiger partial charge in [0.2, 0.25) is 11.7 Å². The highest BCUT2D eigenvalue weighted by Crippen LogP contribution is 2.27. The fourth-order valence-corrected chi connectivity index (χ4v) is 3.46. The number of aromatic nitrogens is 3. The number of nitrogens with one attached hydrogen (secondary N) is 1. The minimum Gasteiger partial charge on any atom is -0.324 e. The molecule has 1 N–H and O–H groups in total. The molecule has 27 heavy (non-hydrogen) atoms. The number of halogens is 1. The Bertz CT molecular complexity index is 1170. The van der Waals surface area contributed by atoms with Gasteiger partial charge in [0.05, 0.1) is 28.0 Å². The van der Waals surface area contributed by atoms with Gasteiger partial charge in [0.1, 0.15) is 5.82 Å². The number of nitrogens with zero attached hydrogens (tertiary/aromatic N) is 3. The third-order valence-electron chi connectivity index (χ3n) is 3.96. The van der Waals surface area contributed by atoms with Crippen LogP contribution in [0.15, 0.2) is 54.2 Å². The van der Waals surface area contributed by atoms with E-state index < -0.39 is 5.82 Å². The van der Waals surface area contributed by atoms with E-state index in [4.69, 9.17) is 0 Å². The molecule has 0 saturated heterocycles. The first-order valence-corrected chi connectivity index (χ1v) is 8.91. The molecule has 8 heteroatoms. The van der Waals surface area contributed by atoms with E-state index >= 15 is 0 Å². The zero-order valence-corrected chi connectivity index (χ0v) is 15.0. The Hall–Kier alpha value is -3.39. The average Bonchev–Trinajstić information content (AvgIpc) is 3.32. The highest BCUT2D eigenvalue weighted by atomic mass is 32.1. The van der Waals surface area contributed by atoms with Gasteiger partial charge in [-0.05, 0) is 35.7 Å². The van der Waals surface area contributed by atoms with Crippen molar-refractivity contribution in [2.24, 2.45) is 0 Å². The Morgan fingerprint density at radius 3 is 2.81 bits per heavy atom. The first kappa shape index (κ1) is 17.0. The Morgan fingerprint density at radius 2 is 2.07 bits per heavy atom. The number of ketones is 1. The maximum absolute atomic E-state index is 13.9. The predicted molar refractivity (Wildman–Crippen MR) is 100 cm³/mol. The maximum Gasteiger partial charge on any atom is 0.221 e. The Balaban J connectivity index is 1.82. The number of thiophene rings is 1. The number of benzene rings is 1. The van der Waals surface area contributed by atoms with E-state index in [1.807, 2.05) is 11.4 Å². The second-order valence-corrected chi connectivity index (χ2v) is 6.75. The summed E-state index contributed by atoms with van der Waals surface area (Å²) in [6.45, 7) is 1.31. The monoisotopic (exact) mass is 386 g/mol. The topological polar surface area (TPSA) is 76.4 Å². The smallest absolute Gasteiger partial charge is 0.221 e. The molecular weight excluding hydrogens is 373 g/mol. The molecule has 3 aromatic heterocycles. The predicted octanol–water partition coefficient (Wildman–Crippen LogP) is 3.79. The van der Waals surface area contributed by atoms with Crippen molar-refractivity contribution in [3.8, 4) is 11.3 Å². The van der Waals surface area contributed by atoms with Gasteiger partial charge in [-0.3, -0.25) is 9.59 Å². The lowest BCUT2D eigenvalue weighted by Gasteiger charge is -2.09. The maximum atomic E-state index is 13.9. The fraction of sp³-hybridized carbons (Fsp3) is 0.0526. The lowest BCUT2D eigenvalue weighted by atomic mass is 10.2. The molecular formula is C19H13FN4O2S. The molecule has 0 aliphatic heterocycles. The normalized spacial score (nSPS) is 10.9. The van der Waals surface area contributed by atoms with Crippen LogP contribution in [-0.4, -0.2) is 26.3 Å². The largest absolute Gasteiger partial charge is 0.324 e. The SMILES string of the molecule is CC(=O)N[13c]1[13cH][13c](-c2ccnc3c(C(=O)c4cccs4)cnn23)[13cH][13cH][13c]1F. The van der Waals surface area contributed by atoms with Crippen molar-refractivity contribution in [1.29, 1.82) is 0 Å². The third-order valence-corrected chi connectivity index (χ3v) is 4.83. The van der Waals surface area contributed by atoms with Crippen LogP contribution in [0.5, 0.6) is 0 Å². The van der Waals surface area contributed by atoms with Gasteiger partial charge in [-0.25, -0.2) is 13.9 Å². The molecule has 6 nitrogen and oxygen atoms in total.